The van der Waals surface area contributed by atoms with E-state index in [0.717, 1.165) is 45.3 Å². The van der Waals surface area contributed by atoms with Gasteiger partial charge in [0.05, 0.1) is 0 Å². The average Bonchev–Trinajstić information content (AvgIpc) is 2.29. The van der Waals surface area contributed by atoms with Gasteiger partial charge in [-0.25, -0.2) is 0 Å². The summed E-state index contributed by atoms with van der Waals surface area (Å²) in [4.78, 5) is 13.5. The largest absolute Gasteiger partial charge is 0.396 e. The molecule has 1 saturated heterocycles. The predicted molar refractivity (Wildman–Crippen MR) is 60.8 cm³/mol. The van der Waals surface area contributed by atoms with Gasteiger partial charge in [-0.1, -0.05) is 6.92 Å². The Kier molecular flexibility index (Phi) is 5.88. The number of piperidine rings is 1. The first-order valence-corrected chi connectivity index (χ1v) is 6.11. The summed E-state index contributed by atoms with van der Waals surface area (Å²) in [6.45, 7) is 5.48. The SMILES string of the molecule is CCC(=O)CCCN1CCC(CO)CC1. The molecule has 0 atom stereocenters. The molecule has 0 bridgehead atoms. The molecule has 1 rings (SSSR count). The van der Waals surface area contributed by atoms with Gasteiger partial charge in [-0.2, -0.15) is 0 Å². The smallest absolute Gasteiger partial charge is 0.132 e. The molecule has 1 heterocycles. The number of likely N-dealkylation sites (tertiary alicyclic amines) is 1. The van der Waals surface area contributed by atoms with Crippen LogP contribution < -0.4 is 0 Å². The van der Waals surface area contributed by atoms with Crippen molar-refractivity contribution in [2.75, 3.05) is 26.2 Å². The van der Waals surface area contributed by atoms with Gasteiger partial charge in [-0.3, -0.25) is 4.79 Å². The normalized spacial score (nSPS) is 19.3. The number of nitrogens with zero attached hydrogens (tertiary/aromatic N) is 1. The van der Waals surface area contributed by atoms with Crippen LogP contribution in [0.15, 0.2) is 0 Å². The van der Waals surface area contributed by atoms with Crippen LogP contribution >= 0.6 is 0 Å². The van der Waals surface area contributed by atoms with E-state index < -0.39 is 0 Å². The van der Waals surface area contributed by atoms with E-state index in [1.54, 1.807) is 0 Å². The maximum Gasteiger partial charge on any atom is 0.132 e. The molecule has 3 nitrogen and oxygen atoms in total. The number of carbonyl (C=O) groups is 1. The molecule has 1 aliphatic rings. The molecular formula is C12H23NO2. The number of rotatable bonds is 6. The Morgan fingerprint density at radius 3 is 2.60 bits per heavy atom. The molecule has 88 valence electrons. The molecule has 0 unspecified atom stereocenters. The first kappa shape index (κ1) is 12.7. The number of hydrogen-bond donors (Lipinski definition) is 1. The number of ketones is 1. The fourth-order valence-electron chi connectivity index (χ4n) is 2.07. The lowest BCUT2D eigenvalue weighted by Crippen LogP contribution is -2.35. The second kappa shape index (κ2) is 6.96. The van der Waals surface area contributed by atoms with E-state index in [4.69, 9.17) is 5.11 Å². The van der Waals surface area contributed by atoms with E-state index >= 15 is 0 Å². The molecule has 0 spiro atoms. The zero-order valence-electron chi connectivity index (χ0n) is 9.74. The molecule has 15 heavy (non-hydrogen) atoms. The van der Waals surface area contributed by atoms with Gasteiger partial charge >= 0.3 is 0 Å². The summed E-state index contributed by atoms with van der Waals surface area (Å²) in [6.07, 6.45) is 4.62. The topological polar surface area (TPSA) is 40.5 Å². The highest BCUT2D eigenvalue weighted by molar-refractivity contribution is 5.77. The van der Waals surface area contributed by atoms with Crippen molar-refractivity contribution < 1.29 is 9.90 Å². The van der Waals surface area contributed by atoms with E-state index in [1.165, 1.54) is 0 Å². The van der Waals surface area contributed by atoms with Crippen molar-refractivity contribution >= 4 is 5.78 Å². The number of hydrogen-bond acceptors (Lipinski definition) is 3. The standard InChI is InChI=1S/C12H23NO2/c1-2-12(15)4-3-7-13-8-5-11(10-14)6-9-13/h11,14H,2-10H2,1H3. The summed E-state index contributed by atoms with van der Waals surface area (Å²) in [5.74, 6) is 0.888. The van der Waals surface area contributed by atoms with E-state index in [0.29, 0.717) is 24.7 Å². The first-order chi connectivity index (χ1) is 7.26. The Morgan fingerprint density at radius 1 is 1.40 bits per heavy atom. The van der Waals surface area contributed by atoms with Gasteiger partial charge in [0, 0.05) is 19.4 Å². The van der Waals surface area contributed by atoms with E-state index in [9.17, 15) is 4.79 Å². The van der Waals surface area contributed by atoms with Crippen molar-refractivity contribution in [3.05, 3.63) is 0 Å². The third kappa shape index (κ3) is 4.76. The van der Waals surface area contributed by atoms with Crippen LogP contribution in [-0.4, -0.2) is 42.0 Å². The third-order valence-electron chi connectivity index (χ3n) is 3.29. The zero-order valence-corrected chi connectivity index (χ0v) is 9.74. The van der Waals surface area contributed by atoms with Gasteiger partial charge in [0.1, 0.15) is 5.78 Å². The van der Waals surface area contributed by atoms with Crippen molar-refractivity contribution in [3.8, 4) is 0 Å². The fourth-order valence-corrected chi connectivity index (χ4v) is 2.07. The maximum atomic E-state index is 11.1. The zero-order chi connectivity index (χ0) is 11.1. The number of aliphatic hydroxyl groups is 1. The van der Waals surface area contributed by atoms with Gasteiger partial charge < -0.3 is 10.0 Å². The molecule has 0 aromatic heterocycles. The molecule has 0 aliphatic carbocycles. The molecule has 1 fully saturated rings. The van der Waals surface area contributed by atoms with Crippen molar-refractivity contribution in [1.29, 1.82) is 0 Å². The van der Waals surface area contributed by atoms with Crippen LogP contribution in [0.5, 0.6) is 0 Å². The van der Waals surface area contributed by atoms with Crippen LogP contribution in [0.25, 0.3) is 0 Å². The Bertz CT molecular complexity index is 186. The number of Topliss-reactive ketones (excluding diaryl/α,β-unsaturated/α-hetero) is 1. The highest BCUT2D eigenvalue weighted by atomic mass is 16.3. The molecular weight excluding hydrogens is 190 g/mol. The molecule has 3 heteroatoms. The lowest BCUT2D eigenvalue weighted by molar-refractivity contribution is -0.118. The monoisotopic (exact) mass is 213 g/mol. The Labute approximate surface area is 92.5 Å². The highest BCUT2D eigenvalue weighted by Gasteiger charge is 2.17. The van der Waals surface area contributed by atoms with Crippen molar-refractivity contribution in [3.63, 3.8) is 0 Å². The van der Waals surface area contributed by atoms with Crippen molar-refractivity contribution in [2.45, 2.75) is 39.0 Å². The molecule has 0 saturated carbocycles. The van der Waals surface area contributed by atoms with Crippen molar-refractivity contribution in [1.82, 2.24) is 4.90 Å². The molecule has 1 N–H and O–H groups in total. The lowest BCUT2D eigenvalue weighted by Gasteiger charge is -2.30. The van der Waals surface area contributed by atoms with Crippen LogP contribution in [0, 0.1) is 5.92 Å². The quantitative estimate of drug-likeness (QED) is 0.726. The van der Waals surface area contributed by atoms with Gasteiger partial charge in [0.25, 0.3) is 0 Å². The predicted octanol–water partition coefficient (Wildman–Crippen LogP) is 1.45. The Morgan fingerprint density at radius 2 is 2.07 bits per heavy atom. The van der Waals surface area contributed by atoms with Gasteiger partial charge in [0.15, 0.2) is 0 Å². The lowest BCUT2D eigenvalue weighted by atomic mass is 9.98. The van der Waals surface area contributed by atoms with Crippen LogP contribution in [0.3, 0.4) is 0 Å². The second-order valence-electron chi connectivity index (χ2n) is 4.46. The molecule has 1 aliphatic heterocycles. The van der Waals surface area contributed by atoms with Crippen LogP contribution in [0.1, 0.15) is 39.0 Å². The first-order valence-electron chi connectivity index (χ1n) is 6.11. The summed E-state index contributed by atoms with van der Waals surface area (Å²) in [5, 5.41) is 8.99. The summed E-state index contributed by atoms with van der Waals surface area (Å²) in [6, 6.07) is 0. The summed E-state index contributed by atoms with van der Waals surface area (Å²) in [7, 11) is 0. The van der Waals surface area contributed by atoms with Gasteiger partial charge in [0.2, 0.25) is 0 Å². The molecule has 0 aromatic carbocycles. The minimum Gasteiger partial charge on any atom is -0.396 e. The summed E-state index contributed by atoms with van der Waals surface area (Å²) < 4.78 is 0. The van der Waals surface area contributed by atoms with Crippen LogP contribution in [0.4, 0.5) is 0 Å². The minimum absolute atomic E-state index is 0.335. The van der Waals surface area contributed by atoms with E-state index in [2.05, 4.69) is 4.90 Å². The van der Waals surface area contributed by atoms with Gasteiger partial charge in [-0.15, -0.1) is 0 Å². The number of aliphatic hydroxyl groups excluding tert-OH is 1. The summed E-state index contributed by atoms with van der Waals surface area (Å²) >= 11 is 0. The summed E-state index contributed by atoms with van der Waals surface area (Å²) in [5.41, 5.74) is 0. The fraction of sp³-hybridized carbons (Fsp3) is 0.917. The van der Waals surface area contributed by atoms with Crippen LogP contribution in [-0.2, 0) is 4.79 Å². The van der Waals surface area contributed by atoms with Crippen molar-refractivity contribution in [2.24, 2.45) is 5.92 Å². The van der Waals surface area contributed by atoms with Crippen LogP contribution in [0.2, 0.25) is 0 Å². The van der Waals surface area contributed by atoms with E-state index in [1.807, 2.05) is 6.92 Å². The Balaban J connectivity index is 2.06. The maximum absolute atomic E-state index is 11.1. The van der Waals surface area contributed by atoms with E-state index in [-0.39, 0.29) is 0 Å². The minimum atomic E-state index is 0.335. The Hall–Kier alpha value is -0.410. The third-order valence-corrected chi connectivity index (χ3v) is 3.29. The highest BCUT2D eigenvalue weighted by Crippen LogP contribution is 2.16. The molecule has 0 amide bonds. The average molecular weight is 213 g/mol. The molecule has 0 radical (unpaired) electrons. The van der Waals surface area contributed by atoms with Gasteiger partial charge in [-0.05, 0) is 44.8 Å². The second-order valence-corrected chi connectivity index (χ2v) is 4.46. The molecule has 0 aromatic rings. The number of carbonyl (C=O) groups excluding carboxylic acids is 1.